The lowest BCUT2D eigenvalue weighted by Crippen LogP contribution is -2.29. The second-order valence-electron chi connectivity index (χ2n) is 14.1. The Morgan fingerprint density at radius 3 is 0.981 bits per heavy atom. The molecule has 0 saturated heterocycles. The summed E-state index contributed by atoms with van der Waals surface area (Å²) in [6.45, 7) is 9.02. The number of carbonyl (C=O) groups is 2. The number of hydrogen-bond donors (Lipinski definition) is 0. The Hall–Kier alpha value is -6.26. The van der Waals surface area contributed by atoms with Gasteiger partial charge < -0.3 is 9.80 Å². The molecule has 0 saturated carbocycles. The van der Waals surface area contributed by atoms with Crippen molar-refractivity contribution in [3.8, 4) is 22.3 Å². The smallest absolute Gasteiger partial charge is 0.261 e. The largest absolute Gasteiger partial charge is 0.302 e. The molecule has 4 heteroatoms. The Labute approximate surface area is 306 Å². The number of fused-ring (bicyclic) bond motifs is 1. The van der Waals surface area contributed by atoms with Crippen LogP contribution >= 0.6 is 0 Å². The van der Waals surface area contributed by atoms with Gasteiger partial charge in [0.2, 0.25) is 0 Å². The minimum atomic E-state index is -0.158. The Balaban J connectivity index is 1.31. The van der Waals surface area contributed by atoms with Crippen LogP contribution in [0.25, 0.3) is 33.6 Å². The molecule has 2 heterocycles. The Bertz CT molecular complexity index is 2190. The number of rotatable bonds is 8. The highest BCUT2D eigenvalue weighted by atomic mass is 16.2. The lowest BCUT2D eigenvalue weighted by Gasteiger charge is -2.26. The molecule has 254 valence electrons. The maximum atomic E-state index is 15.0. The summed E-state index contributed by atoms with van der Waals surface area (Å²) in [4.78, 5) is 33.7. The van der Waals surface area contributed by atoms with Crippen molar-refractivity contribution in [2.45, 2.75) is 40.8 Å². The fourth-order valence-electron chi connectivity index (χ4n) is 7.89. The van der Waals surface area contributed by atoms with E-state index in [1.165, 1.54) is 0 Å². The average Bonchev–Trinajstić information content (AvgIpc) is 3.57. The van der Waals surface area contributed by atoms with Crippen LogP contribution in [0.5, 0.6) is 0 Å². The molecule has 8 rings (SSSR count). The third-order valence-electron chi connectivity index (χ3n) is 9.96. The van der Waals surface area contributed by atoms with Crippen LogP contribution in [0.4, 0.5) is 0 Å². The van der Waals surface area contributed by atoms with Crippen LogP contribution in [0.15, 0.2) is 157 Å². The molecule has 0 atom stereocenters. The highest BCUT2D eigenvalue weighted by Crippen LogP contribution is 2.48. The van der Waals surface area contributed by atoms with Gasteiger partial charge in [-0.15, -0.1) is 0 Å². The Morgan fingerprint density at radius 1 is 0.365 bits per heavy atom. The van der Waals surface area contributed by atoms with E-state index in [1.807, 2.05) is 70.5 Å². The van der Waals surface area contributed by atoms with Crippen molar-refractivity contribution in [1.82, 2.24) is 9.80 Å². The molecule has 0 radical (unpaired) electrons. The van der Waals surface area contributed by atoms with Crippen LogP contribution in [-0.4, -0.2) is 21.6 Å². The fraction of sp³-hybridized carbons (Fsp3) is 0.125. The maximum absolute atomic E-state index is 15.0. The summed E-state index contributed by atoms with van der Waals surface area (Å²) < 4.78 is 0. The number of amides is 2. The predicted octanol–water partition coefficient (Wildman–Crippen LogP) is 10.5. The zero-order valence-corrected chi connectivity index (χ0v) is 30.0. The predicted molar refractivity (Wildman–Crippen MR) is 211 cm³/mol. The van der Waals surface area contributed by atoms with Crippen molar-refractivity contribution in [3.05, 3.63) is 201 Å². The van der Waals surface area contributed by atoms with Gasteiger partial charge in [0.1, 0.15) is 0 Å². The summed E-state index contributed by atoms with van der Waals surface area (Å²) in [6, 6.07) is 49.8. The molecule has 2 aliphatic heterocycles. The van der Waals surface area contributed by atoms with Gasteiger partial charge in [-0.25, -0.2) is 0 Å². The fourth-order valence-corrected chi connectivity index (χ4v) is 7.89. The highest BCUT2D eigenvalue weighted by molar-refractivity contribution is 6.30. The van der Waals surface area contributed by atoms with Crippen molar-refractivity contribution in [2.24, 2.45) is 0 Å². The molecule has 52 heavy (non-hydrogen) atoms. The van der Waals surface area contributed by atoms with Crippen LogP contribution in [0.3, 0.4) is 0 Å². The second kappa shape index (κ2) is 13.5. The van der Waals surface area contributed by atoms with Crippen LogP contribution in [0.1, 0.15) is 44.5 Å². The van der Waals surface area contributed by atoms with Gasteiger partial charge >= 0.3 is 0 Å². The number of hydrogen-bond acceptors (Lipinski definition) is 2. The average molecular weight is 677 g/mol. The quantitative estimate of drug-likeness (QED) is 0.161. The van der Waals surface area contributed by atoms with Crippen molar-refractivity contribution in [3.63, 3.8) is 0 Å². The maximum Gasteiger partial charge on any atom is 0.261 e. The summed E-state index contributed by atoms with van der Waals surface area (Å²) in [5.74, 6) is -0.315. The minimum Gasteiger partial charge on any atom is -0.302 e. The summed E-state index contributed by atoms with van der Waals surface area (Å²) in [5, 5.41) is 0. The van der Waals surface area contributed by atoms with Crippen molar-refractivity contribution in [1.29, 1.82) is 0 Å². The molecule has 0 bridgehead atoms. The number of nitrogens with zero attached hydrogens (tertiary/aromatic N) is 2. The molecule has 0 N–H and O–H groups in total. The van der Waals surface area contributed by atoms with Crippen LogP contribution in [0, 0.1) is 27.7 Å². The van der Waals surface area contributed by atoms with E-state index in [0.29, 0.717) is 35.6 Å². The summed E-state index contributed by atoms with van der Waals surface area (Å²) >= 11 is 0. The lowest BCUT2D eigenvalue weighted by molar-refractivity contribution is -0.124. The van der Waals surface area contributed by atoms with Gasteiger partial charge in [0.25, 0.3) is 11.8 Å². The van der Waals surface area contributed by atoms with E-state index in [4.69, 9.17) is 0 Å². The first-order valence-corrected chi connectivity index (χ1v) is 17.8. The monoisotopic (exact) mass is 676 g/mol. The van der Waals surface area contributed by atoms with Crippen LogP contribution < -0.4 is 0 Å². The first-order valence-electron chi connectivity index (χ1n) is 17.8. The number of benzene rings is 6. The summed E-state index contributed by atoms with van der Waals surface area (Å²) in [7, 11) is 0. The van der Waals surface area contributed by atoms with Gasteiger partial charge in [-0.3, -0.25) is 9.59 Å². The zero-order chi connectivity index (χ0) is 35.9. The third-order valence-corrected chi connectivity index (χ3v) is 9.96. The first-order chi connectivity index (χ1) is 25.2. The second-order valence-corrected chi connectivity index (χ2v) is 14.1. The van der Waals surface area contributed by atoms with E-state index in [-0.39, 0.29) is 11.8 Å². The molecule has 2 amide bonds. The van der Waals surface area contributed by atoms with Crippen molar-refractivity contribution >= 4 is 23.2 Å². The molecule has 2 aliphatic rings. The lowest BCUT2D eigenvalue weighted by atomic mass is 9.98. The SMILES string of the molecule is Cc1cc(C)cc(CN2C(=O)C3=C(c4ccc(-c5ccccc5)cc4)N(Cc4cc(C)cc(C)c4)C(=O)C3=C2c2ccc(-c3ccccc3)cc2)c1. The van der Waals surface area contributed by atoms with E-state index in [0.717, 1.165) is 66.8 Å². The molecule has 6 aromatic carbocycles. The molecular formula is C48H40N2O2. The van der Waals surface area contributed by atoms with Gasteiger partial charge in [0.15, 0.2) is 0 Å². The van der Waals surface area contributed by atoms with E-state index in [2.05, 4.69) is 113 Å². The third kappa shape index (κ3) is 6.18. The van der Waals surface area contributed by atoms with E-state index >= 15 is 9.59 Å². The molecule has 0 aromatic heterocycles. The molecule has 0 fully saturated rings. The minimum absolute atomic E-state index is 0.158. The van der Waals surface area contributed by atoms with E-state index in [1.54, 1.807) is 0 Å². The van der Waals surface area contributed by atoms with Gasteiger partial charge in [0, 0.05) is 0 Å². The van der Waals surface area contributed by atoms with Gasteiger partial charge in [-0.1, -0.05) is 168 Å². The van der Waals surface area contributed by atoms with E-state index in [9.17, 15) is 0 Å². The summed E-state index contributed by atoms with van der Waals surface area (Å²) in [5.41, 5.74) is 14.9. The van der Waals surface area contributed by atoms with Gasteiger partial charge in [0.05, 0.1) is 35.6 Å². The van der Waals surface area contributed by atoms with Crippen LogP contribution in [-0.2, 0) is 22.7 Å². The first kappa shape index (κ1) is 32.9. The van der Waals surface area contributed by atoms with Gasteiger partial charge in [-0.05, 0) is 72.2 Å². The molecule has 0 unspecified atom stereocenters. The molecule has 4 nitrogen and oxygen atoms in total. The van der Waals surface area contributed by atoms with Gasteiger partial charge in [-0.2, -0.15) is 0 Å². The van der Waals surface area contributed by atoms with Crippen molar-refractivity contribution < 1.29 is 9.59 Å². The molecule has 0 aliphatic carbocycles. The molecule has 6 aromatic rings. The molecule has 0 spiro atoms. The highest BCUT2D eigenvalue weighted by Gasteiger charge is 2.48. The van der Waals surface area contributed by atoms with Crippen molar-refractivity contribution in [2.75, 3.05) is 0 Å². The Kier molecular flexibility index (Phi) is 8.52. The Morgan fingerprint density at radius 2 is 0.654 bits per heavy atom. The van der Waals surface area contributed by atoms with E-state index < -0.39 is 0 Å². The number of aryl methyl sites for hydroxylation is 4. The normalized spacial score (nSPS) is 14.2. The number of carbonyl (C=O) groups excluding carboxylic acids is 2. The topological polar surface area (TPSA) is 40.6 Å². The standard InChI is InChI=1S/C48H40N2O2/c1-31-23-32(2)26-35(25-31)29-49-45(41-19-15-39(16-20-41)37-11-7-5-8-12-37)43-44(47(49)51)46(42-21-17-40(18-22-42)38-13-9-6-10-14-38)50(48(43)52)30-36-27-33(3)24-34(4)28-36/h5-28H,29-30H2,1-4H3. The molecular weight excluding hydrogens is 637 g/mol. The summed E-state index contributed by atoms with van der Waals surface area (Å²) in [6.07, 6.45) is 0. The zero-order valence-electron chi connectivity index (χ0n) is 30.0. The van der Waals surface area contributed by atoms with Crippen LogP contribution in [0.2, 0.25) is 0 Å².